The number of hydrogen-bond donors (Lipinski definition) is 3. The largest absolute Gasteiger partial charge is 0.508 e. The Labute approximate surface area is 100 Å². The maximum absolute atomic E-state index is 9.63. The van der Waals surface area contributed by atoms with Gasteiger partial charge in [0.1, 0.15) is 11.5 Å². The van der Waals surface area contributed by atoms with Gasteiger partial charge in [-0.2, -0.15) is 0 Å². The molecule has 2 aromatic carbocycles. The van der Waals surface area contributed by atoms with Crippen LogP contribution in [0.1, 0.15) is 11.1 Å². The summed E-state index contributed by atoms with van der Waals surface area (Å²) >= 11 is 0. The molecule has 3 nitrogen and oxygen atoms in total. The average molecular weight is 229 g/mol. The van der Waals surface area contributed by atoms with Crippen molar-refractivity contribution >= 4 is 5.69 Å². The topological polar surface area (TPSA) is 66.5 Å². The molecule has 17 heavy (non-hydrogen) atoms. The van der Waals surface area contributed by atoms with Crippen molar-refractivity contribution in [2.45, 2.75) is 12.8 Å². The molecule has 0 amide bonds. The summed E-state index contributed by atoms with van der Waals surface area (Å²) in [6.07, 6.45) is 1.49. The maximum atomic E-state index is 9.63. The minimum atomic E-state index is 0.176. The van der Waals surface area contributed by atoms with E-state index < -0.39 is 0 Å². The fraction of sp³-hybridized carbons (Fsp3) is 0.143. The number of benzene rings is 2. The third-order valence-electron chi connectivity index (χ3n) is 2.73. The van der Waals surface area contributed by atoms with Crippen LogP contribution in [-0.2, 0) is 12.8 Å². The van der Waals surface area contributed by atoms with E-state index in [4.69, 9.17) is 5.73 Å². The van der Waals surface area contributed by atoms with E-state index in [-0.39, 0.29) is 11.5 Å². The molecule has 0 saturated heterocycles. The first-order valence-corrected chi connectivity index (χ1v) is 5.50. The van der Waals surface area contributed by atoms with E-state index in [0.717, 1.165) is 23.2 Å². The van der Waals surface area contributed by atoms with Crippen LogP contribution >= 0.6 is 0 Å². The monoisotopic (exact) mass is 229 g/mol. The van der Waals surface area contributed by atoms with Crippen molar-refractivity contribution in [2.24, 2.45) is 0 Å². The first-order valence-electron chi connectivity index (χ1n) is 5.50. The van der Waals surface area contributed by atoms with Gasteiger partial charge in [-0.1, -0.05) is 12.1 Å². The van der Waals surface area contributed by atoms with Gasteiger partial charge >= 0.3 is 0 Å². The number of phenolic OH excluding ortho intramolecular Hbond substituents is 2. The number of nitrogens with two attached hydrogens (primary N) is 1. The lowest BCUT2D eigenvalue weighted by Gasteiger charge is -2.05. The van der Waals surface area contributed by atoms with Crippen LogP contribution in [-0.4, -0.2) is 10.2 Å². The van der Waals surface area contributed by atoms with Crippen LogP contribution in [0.15, 0.2) is 42.5 Å². The fourth-order valence-corrected chi connectivity index (χ4v) is 1.74. The molecule has 3 heteroatoms. The Kier molecular flexibility index (Phi) is 3.19. The predicted octanol–water partition coefficient (Wildman–Crippen LogP) is 2.47. The van der Waals surface area contributed by atoms with Gasteiger partial charge in [-0.05, 0) is 54.3 Å². The number of nitrogen functional groups attached to an aromatic ring is 1. The molecule has 0 fully saturated rings. The molecule has 4 N–H and O–H groups in total. The highest BCUT2D eigenvalue weighted by atomic mass is 16.3. The molecule has 2 rings (SSSR count). The second kappa shape index (κ2) is 4.78. The lowest BCUT2D eigenvalue weighted by Crippen LogP contribution is -1.92. The van der Waals surface area contributed by atoms with Gasteiger partial charge in [0.25, 0.3) is 0 Å². The number of hydrogen-bond acceptors (Lipinski definition) is 3. The Morgan fingerprint density at radius 2 is 1.59 bits per heavy atom. The summed E-state index contributed by atoms with van der Waals surface area (Å²) in [5.41, 5.74) is 8.26. The van der Waals surface area contributed by atoms with E-state index in [0.29, 0.717) is 6.42 Å². The first kappa shape index (κ1) is 11.3. The standard InChI is InChI=1S/C14H15NO2/c15-12-5-2-10(3-6-12)1-4-11-9-13(16)7-8-14(11)17/h2-3,5-9,16-17H,1,4,15H2. The lowest BCUT2D eigenvalue weighted by molar-refractivity contribution is 0.454. The van der Waals surface area contributed by atoms with Crippen LogP contribution in [0.5, 0.6) is 11.5 Å². The summed E-state index contributed by atoms with van der Waals surface area (Å²) in [4.78, 5) is 0. The van der Waals surface area contributed by atoms with Gasteiger partial charge in [0.2, 0.25) is 0 Å². The molecule has 0 unspecified atom stereocenters. The fourth-order valence-electron chi connectivity index (χ4n) is 1.74. The van der Waals surface area contributed by atoms with Crippen molar-refractivity contribution in [3.05, 3.63) is 53.6 Å². The molecular weight excluding hydrogens is 214 g/mol. The van der Waals surface area contributed by atoms with Crippen molar-refractivity contribution in [3.63, 3.8) is 0 Å². The summed E-state index contributed by atoms with van der Waals surface area (Å²) in [7, 11) is 0. The molecule has 0 bridgehead atoms. The minimum absolute atomic E-state index is 0.176. The minimum Gasteiger partial charge on any atom is -0.508 e. The molecule has 0 spiro atoms. The zero-order valence-corrected chi connectivity index (χ0v) is 9.43. The molecular formula is C14H15NO2. The average Bonchev–Trinajstić information content (AvgIpc) is 2.32. The Hall–Kier alpha value is -2.16. The Morgan fingerprint density at radius 1 is 0.882 bits per heavy atom. The van der Waals surface area contributed by atoms with Gasteiger partial charge in [-0.15, -0.1) is 0 Å². The second-order valence-corrected chi connectivity index (χ2v) is 4.05. The van der Waals surface area contributed by atoms with Crippen LogP contribution < -0.4 is 5.73 Å². The first-order chi connectivity index (χ1) is 8.15. The van der Waals surface area contributed by atoms with E-state index in [1.807, 2.05) is 24.3 Å². The number of anilines is 1. The highest BCUT2D eigenvalue weighted by Crippen LogP contribution is 2.23. The Balaban J connectivity index is 2.07. The second-order valence-electron chi connectivity index (χ2n) is 4.05. The zero-order valence-electron chi connectivity index (χ0n) is 9.43. The van der Waals surface area contributed by atoms with Gasteiger partial charge in [-0.3, -0.25) is 0 Å². The smallest absolute Gasteiger partial charge is 0.119 e. The van der Waals surface area contributed by atoms with Crippen LogP contribution in [0.2, 0.25) is 0 Å². The summed E-state index contributed by atoms with van der Waals surface area (Å²) in [5.74, 6) is 0.397. The van der Waals surface area contributed by atoms with E-state index >= 15 is 0 Å². The molecule has 88 valence electrons. The van der Waals surface area contributed by atoms with Gasteiger partial charge in [0.15, 0.2) is 0 Å². The molecule has 0 aliphatic heterocycles. The summed E-state index contributed by atoms with van der Waals surface area (Å²) in [5, 5.41) is 19.0. The third kappa shape index (κ3) is 2.91. The van der Waals surface area contributed by atoms with Crippen LogP contribution in [0.25, 0.3) is 0 Å². The van der Waals surface area contributed by atoms with E-state index in [2.05, 4.69) is 0 Å². The van der Waals surface area contributed by atoms with Crippen molar-refractivity contribution in [1.82, 2.24) is 0 Å². The summed E-state index contributed by atoms with van der Waals surface area (Å²) in [6, 6.07) is 12.2. The number of phenols is 2. The van der Waals surface area contributed by atoms with Crippen LogP contribution in [0, 0.1) is 0 Å². The predicted molar refractivity (Wildman–Crippen MR) is 68.0 cm³/mol. The maximum Gasteiger partial charge on any atom is 0.119 e. The highest BCUT2D eigenvalue weighted by Gasteiger charge is 2.03. The van der Waals surface area contributed by atoms with Crippen LogP contribution in [0.3, 0.4) is 0 Å². The molecule has 2 aromatic rings. The number of aromatic hydroxyl groups is 2. The highest BCUT2D eigenvalue weighted by molar-refractivity contribution is 5.41. The Morgan fingerprint density at radius 3 is 2.29 bits per heavy atom. The molecule has 0 atom stereocenters. The van der Waals surface area contributed by atoms with Crippen LogP contribution in [0.4, 0.5) is 5.69 Å². The van der Waals surface area contributed by atoms with Gasteiger partial charge in [-0.25, -0.2) is 0 Å². The van der Waals surface area contributed by atoms with Gasteiger partial charge < -0.3 is 15.9 Å². The molecule has 0 radical (unpaired) electrons. The molecule has 0 heterocycles. The van der Waals surface area contributed by atoms with Crippen molar-refractivity contribution < 1.29 is 10.2 Å². The van der Waals surface area contributed by atoms with Gasteiger partial charge in [0.05, 0.1) is 0 Å². The number of aryl methyl sites for hydroxylation is 2. The Bertz CT molecular complexity index is 506. The molecule has 0 saturated carbocycles. The SMILES string of the molecule is Nc1ccc(CCc2cc(O)ccc2O)cc1. The summed E-state index contributed by atoms with van der Waals surface area (Å²) < 4.78 is 0. The normalized spacial score (nSPS) is 10.4. The lowest BCUT2D eigenvalue weighted by atomic mass is 10.0. The quantitative estimate of drug-likeness (QED) is 0.559. The van der Waals surface area contributed by atoms with E-state index in [1.54, 1.807) is 6.07 Å². The van der Waals surface area contributed by atoms with Gasteiger partial charge in [0, 0.05) is 5.69 Å². The summed E-state index contributed by atoms with van der Waals surface area (Å²) in [6.45, 7) is 0. The van der Waals surface area contributed by atoms with E-state index in [1.165, 1.54) is 12.1 Å². The van der Waals surface area contributed by atoms with Crippen molar-refractivity contribution in [3.8, 4) is 11.5 Å². The van der Waals surface area contributed by atoms with E-state index in [9.17, 15) is 10.2 Å². The molecule has 0 aromatic heterocycles. The van der Waals surface area contributed by atoms with Crippen molar-refractivity contribution in [2.75, 3.05) is 5.73 Å². The third-order valence-corrected chi connectivity index (χ3v) is 2.73. The molecule has 0 aliphatic carbocycles. The van der Waals surface area contributed by atoms with Crippen molar-refractivity contribution in [1.29, 1.82) is 0 Å². The molecule has 0 aliphatic rings. The zero-order chi connectivity index (χ0) is 12.3. The number of rotatable bonds is 3.